The van der Waals surface area contributed by atoms with Gasteiger partial charge in [0.1, 0.15) is 0 Å². The molecule has 1 heterocycles. The van der Waals surface area contributed by atoms with Gasteiger partial charge < -0.3 is 5.32 Å². The number of carbonyl (C=O) groups is 2. The van der Waals surface area contributed by atoms with Crippen LogP contribution in [0, 0.1) is 6.92 Å². The van der Waals surface area contributed by atoms with Crippen molar-refractivity contribution in [3.8, 4) is 0 Å². The number of fused-ring (bicyclic) bond motifs is 1. The lowest BCUT2D eigenvalue weighted by Crippen LogP contribution is -2.47. The zero-order valence-corrected chi connectivity index (χ0v) is 13.7. The Morgan fingerprint density at radius 3 is 2.26 bits per heavy atom. The van der Waals surface area contributed by atoms with Crippen molar-refractivity contribution >= 4 is 46.4 Å². The highest BCUT2D eigenvalue weighted by atomic mass is 35.5. The van der Waals surface area contributed by atoms with Crippen LogP contribution in [0.15, 0.2) is 42.5 Å². The lowest BCUT2D eigenvalue weighted by Gasteiger charge is -2.18. The van der Waals surface area contributed by atoms with Crippen molar-refractivity contribution in [1.29, 1.82) is 0 Å². The number of nitrogens with one attached hydrogen (secondary N) is 2. The number of hydrogen-bond donors (Lipinski definition) is 2. The molecular formula is C16H12ClN3O2S. The summed E-state index contributed by atoms with van der Waals surface area (Å²) in [6.07, 6.45) is 0. The Morgan fingerprint density at radius 1 is 1.09 bits per heavy atom. The van der Waals surface area contributed by atoms with E-state index < -0.39 is 11.8 Å². The smallest absolute Gasteiger partial charge is 0.280 e. The van der Waals surface area contributed by atoms with Crippen molar-refractivity contribution in [2.75, 3.05) is 5.32 Å². The Labute approximate surface area is 143 Å². The summed E-state index contributed by atoms with van der Waals surface area (Å²) in [6.45, 7) is 1.87. The summed E-state index contributed by atoms with van der Waals surface area (Å²) in [5.41, 5.74) is 4.98. The van der Waals surface area contributed by atoms with Crippen LogP contribution in [0.2, 0.25) is 5.02 Å². The van der Waals surface area contributed by atoms with E-state index in [2.05, 4.69) is 10.7 Å². The number of thiocarbonyl (C=S) groups is 1. The molecule has 0 fully saturated rings. The molecule has 0 saturated carbocycles. The Balaban J connectivity index is 1.74. The lowest BCUT2D eigenvalue weighted by atomic mass is 10.1. The Morgan fingerprint density at radius 2 is 1.70 bits per heavy atom. The average molecular weight is 346 g/mol. The van der Waals surface area contributed by atoms with E-state index in [1.54, 1.807) is 42.5 Å². The third kappa shape index (κ3) is 2.91. The highest BCUT2D eigenvalue weighted by molar-refractivity contribution is 7.80. The van der Waals surface area contributed by atoms with Gasteiger partial charge in [-0.25, -0.2) is 0 Å². The van der Waals surface area contributed by atoms with Gasteiger partial charge in [-0.1, -0.05) is 23.7 Å². The number of hydrogen-bond acceptors (Lipinski definition) is 3. The molecule has 0 aromatic heterocycles. The van der Waals surface area contributed by atoms with Crippen molar-refractivity contribution in [2.24, 2.45) is 0 Å². The molecule has 2 aromatic rings. The van der Waals surface area contributed by atoms with Crippen molar-refractivity contribution in [1.82, 2.24) is 10.4 Å². The monoisotopic (exact) mass is 345 g/mol. The zero-order chi connectivity index (χ0) is 16.6. The molecule has 0 atom stereocenters. The van der Waals surface area contributed by atoms with E-state index in [9.17, 15) is 9.59 Å². The predicted octanol–water partition coefficient (Wildman–Crippen LogP) is 3.15. The van der Waals surface area contributed by atoms with E-state index in [1.165, 1.54) is 0 Å². The van der Waals surface area contributed by atoms with Crippen LogP contribution in [0.4, 0.5) is 5.69 Å². The van der Waals surface area contributed by atoms with E-state index in [1.807, 2.05) is 6.92 Å². The number of amides is 2. The van der Waals surface area contributed by atoms with Gasteiger partial charge in [-0.05, 0) is 55.0 Å². The quantitative estimate of drug-likeness (QED) is 0.646. The maximum Gasteiger partial charge on any atom is 0.280 e. The van der Waals surface area contributed by atoms with Gasteiger partial charge >= 0.3 is 0 Å². The molecule has 5 nitrogen and oxygen atoms in total. The van der Waals surface area contributed by atoms with Crippen LogP contribution in [0.25, 0.3) is 0 Å². The molecule has 2 aromatic carbocycles. The molecule has 3 rings (SSSR count). The number of hydrazine groups is 1. The van der Waals surface area contributed by atoms with Crippen molar-refractivity contribution in [3.63, 3.8) is 0 Å². The second-order valence-corrected chi connectivity index (χ2v) is 5.86. The maximum atomic E-state index is 12.2. The molecule has 2 N–H and O–H groups in total. The molecule has 0 saturated heterocycles. The standard InChI is InChI=1S/C16H12ClN3O2S/c1-9-8-10(17)6-7-13(9)18-16(23)19-20-14(21)11-4-2-3-5-12(11)15(20)22/h2-8H,1H3,(H2,18,19,23). The third-order valence-corrected chi connectivity index (χ3v) is 3.87. The Bertz CT molecular complexity index is 803. The Hall–Kier alpha value is -2.44. The van der Waals surface area contributed by atoms with Gasteiger partial charge in [0.05, 0.1) is 11.1 Å². The molecule has 7 heteroatoms. The molecule has 2 amide bonds. The van der Waals surface area contributed by atoms with Gasteiger partial charge in [0.2, 0.25) is 0 Å². The number of aryl methyl sites for hydroxylation is 1. The van der Waals surface area contributed by atoms with E-state index in [0.717, 1.165) is 16.3 Å². The summed E-state index contributed by atoms with van der Waals surface area (Å²) in [7, 11) is 0. The SMILES string of the molecule is Cc1cc(Cl)ccc1NC(=S)NN1C(=O)c2ccccc2C1=O. The summed E-state index contributed by atoms with van der Waals surface area (Å²) in [5, 5.41) is 4.62. The first-order valence-corrected chi connectivity index (χ1v) is 7.57. The van der Waals surface area contributed by atoms with Crippen LogP contribution in [0.1, 0.15) is 26.3 Å². The van der Waals surface area contributed by atoms with Crippen molar-refractivity contribution in [3.05, 3.63) is 64.2 Å². The minimum Gasteiger partial charge on any atom is -0.331 e. The zero-order valence-electron chi connectivity index (χ0n) is 12.1. The largest absolute Gasteiger partial charge is 0.331 e. The highest BCUT2D eigenvalue weighted by Crippen LogP contribution is 2.22. The number of imide groups is 1. The molecule has 1 aliphatic heterocycles. The summed E-state index contributed by atoms with van der Waals surface area (Å²) >= 11 is 11.1. The van der Waals surface area contributed by atoms with Gasteiger partial charge in [-0.3, -0.25) is 15.0 Å². The molecular weight excluding hydrogens is 334 g/mol. The lowest BCUT2D eigenvalue weighted by molar-refractivity contribution is 0.0613. The predicted molar refractivity (Wildman–Crippen MR) is 92.5 cm³/mol. The topological polar surface area (TPSA) is 61.4 Å². The van der Waals surface area contributed by atoms with Crippen LogP contribution < -0.4 is 10.7 Å². The number of halogens is 1. The first-order chi connectivity index (χ1) is 11.0. The average Bonchev–Trinajstić information content (AvgIpc) is 2.76. The number of benzene rings is 2. The number of nitrogens with zero attached hydrogens (tertiary/aromatic N) is 1. The van der Waals surface area contributed by atoms with E-state index in [0.29, 0.717) is 16.1 Å². The molecule has 0 bridgehead atoms. The highest BCUT2D eigenvalue weighted by Gasteiger charge is 2.35. The Kier molecular flexibility index (Phi) is 4.02. The fourth-order valence-electron chi connectivity index (χ4n) is 2.31. The van der Waals surface area contributed by atoms with Crippen LogP contribution in [-0.4, -0.2) is 21.9 Å². The van der Waals surface area contributed by atoms with E-state index in [4.69, 9.17) is 23.8 Å². The molecule has 1 aliphatic rings. The van der Waals surface area contributed by atoms with Gasteiger partial charge in [0.15, 0.2) is 5.11 Å². The number of carbonyl (C=O) groups excluding carboxylic acids is 2. The second kappa shape index (κ2) is 5.98. The van der Waals surface area contributed by atoms with Gasteiger partial charge in [0.25, 0.3) is 11.8 Å². The molecule has 116 valence electrons. The fraction of sp³-hybridized carbons (Fsp3) is 0.0625. The molecule has 0 aliphatic carbocycles. The van der Waals surface area contributed by atoms with Gasteiger partial charge in [-0.2, -0.15) is 5.01 Å². The maximum absolute atomic E-state index is 12.2. The van der Waals surface area contributed by atoms with Crippen LogP contribution in [0.5, 0.6) is 0 Å². The van der Waals surface area contributed by atoms with Crippen LogP contribution in [0.3, 0.4) is 0 Å². The minimum atomic E-state index is -0.428. The van der Waals surface area contributed by atoms with Crippen LogP contribution >= 0.6 is 23.8 Å². The number of rotatable bonds is 2. The first kappa shape index (κ1) is 15.5. The molecule has 23 heavy (non-hydrogen) atoms. The van der Waals surface area contributed by atoms with Gasteiger partial charge in [0, 0.05) is 10.7 Å². The number of anilines is 1. The molecule has 0 radical (unpaired) electrons. The minimum absolute atomic E-state index is 0.143. The van der Waals surface area contributed by atoms with Crippen molar-refractivity contribution in [2.45, 2.75) is 6.92 Å². The summed E-state index contributed by atoms with van der Waals surface area (Å²) < 4.78 is 0. The third-order valence-electron chi connectivity index (χ3n) is 3.44. The van der Waals surface area contributed by atoms with Crippen molar-refractivity contribution < 1.29 is 9.59 Å². The first-order valence-electron chi connectivity index (χ1n) is 6.79. The molecule has 0 unspecified atom stereocenters. The van der Waals surface area contributed by atoms with Crippen LogP contribution in [-0.2, 0) is 0 Å². The van der Waals surface area contributed by atoms with E-state index >= 15 is 0 Å². The summed E-state index contributed by atoms with van der Waals surface area (Å²) in [4.78, 5) is 24.5. The summed E-state index contributed by atoms with van der Waals surface area (Å²) in [5.74, 6) is -0.856. The summed E-state index contributed by atoms with van der Waals surface area (Å²) in [6, 6.07) is 11.9. The fourth-order valence-corrected chi connectivity index (χ4v) is 2.74. The normalized spacial score (nSPS) is 13.0. The van der Waals surface area contributed by atoms with Gasteiger partial charge in [-0.15, -0.1) is 0 Å². The molecule has 0 spiro atoms. The second-order valence-electron chi connectivity index (χ2n) is 5.02. The van der Waals surface area contributed by atoms with E-state index in [-0.39, 0.29) is 5.11 Å².